The third-order valence-corrected chi connectivity index (χ3v) is 3.78. The average Bonchev–Trinajstić information content (AvgIpc) is 2.74. The number of aromatic nitrogens is 1. The Balaban J connectivity index is 1.94. The summed E-state index contributed by atoms with van der Waals surface area (Å²) in [6.45, 7) is 1.32. The third-order valence-electron chi connectivity index (χ3n) is 3.78. The molecule has 0 radical (unpaired) electrons. The molecule has 2 heterocycles. The Morgan fingerprint density at radius 2 is 2.35 bits per heavy atom. The highest BCUT2D eigenvalue weighted by Crippen LogP contribution is 2.14. The molecule has 1 aliphatic rings. The van der Waals surface area contributed by atoms with E-state index in [1.807, 2.05) is 6.20 Å². The van der Waals surface area contributed by atoms with Gasteiger partial charge in [0.1, 0.15) is 5.76 Å². The van der Waals surface area contributed by atoms with E-state index in [0.717, 1.165) is 18.7 Å². The van der Waals surface area contributed by atoms with Gasteiger partial charge >= 0.3 is 0 Å². The van der Waals surface area contributed by atoms with Gasteiger partial charge in [-0.25, -0.2) is 0 Å². The van der Waals surface area contributed by atoms with E-state index >= 15 is 0 Å². The summed E-state index contributed by atoms with van der Waals surface area (Å²) in [5, 5.41) is 13.0. The molecule has 110 valence electrons. The average molecular weight is 275 g/mol. The molecular formula is C16H25N3O. The van der Waals surface area contributed by atoms with Crippen LogP contribution in [-0.4, -0.2) is 29.2 Å². The molecule has 2 rings (SSSR count). The molecule has 0 amide bonds. The summed E-state index contributed by atoms with van der Waals surface area (Å²) in [7, 11) is 0. The molecule has 1 aliphatic heterocycles. The molecule has 1 aromatic heterocycles. The van der Waals surface area contributed by atoms with Crippen molar-refractivity contribution in [2.24, 2.45) is 5.73 Å². The van der Waals surface area contributed by atoms with Crippen LogP contribution in [0.25, 0.3) is 0 Å². The quantitative estimate of drug-likeness (QED) is 0.720. The number of nitrogens with one attached hydrogen (secondary N) is 1. The second-order valence-corrected chi connectivity index (χ2v) is 5.46. The standard InChI is InChI=1S/C16H25N3O/c17-12-16(20)6-5-15-11-13(7-9-19-15)10-14-4-2-1-3-8-18-14/h6-7,9,11,14,18,20H,1-5,8,10,12,17H2. The van der Waals surface area contributed by atoms with Gasteiger partial charge in [0.05, 0.1) is 6.54 Å². The van der Waals surface area contributed by atoms with Crippen LogP contribution in [0.15, 0.2) is 30.2 Å². The fourth-order valence-corrected chi connectivity index (χ4v) is 2.63. The summed E-state index contributed by atoms with van der Waals surface area (Å²) in [6, 6.07) is 4.80. The van der Waals surface area contributed by atoms with Crippen LogP contribution in [0.5, 0.6) is 0 Å². The normalized spacial score (nSPS) is 20.6. The summed E-state index contributed by atoms with van der Waals surface area (Å²) < 4.78 is 0. The van der Waals surface area contributed by atoms with Crippen LogP contribution in [0.3, 0.4) is 0 Å². The van der Waals surface area contributed by atoms with Crippen molar-refractivity contribution < 1.29 is 5.11 Å². The van der Waals surface area contributed by atoms with Gasteiger partial charge in [-0.1, -0.05) is 12.8 Å². The number of rotatable bonds is 5. The smallest absolute Gasteiger partial charge is 0.102 e. The summed E-state index contributed by atoms with van der Waals surface area (Å²) in [6.07, 6.45) is 10.5. The molecule has 1 fully saturated rings. The van der Waals surface area contributed by atoms with Gasteiger partial charge in [0.15, 0.2) is 0 Å². The number of hydrogen-bond donors (Lipinski definition) is 3. The molecular weight excluding hydrogens is 250 g/mol. The molecule has 0 aliphatic carbocycles. The summed E-state index contributed by atoms with van der Waals surface area (Å²) in [4.78, 5) is 4.34. The molecule has 1 atom stereocenters. The van der Waals surface area contributed by atoms with Crippen molar-refractivity contribution in [3.63, 3.8) is 0 Å². The third kappa shape index (κ3) is 4.94. The van der Waals surface area contributed by atoms with Crippen LogP contribution in [0.2, 0.25) is 0 Å². The topological polar surface area (TPSA) is 71.2 Å². The van der Waals surface area contributed by atoms with Gasteiger partial charge in [0.25, 0.3) is 0 Å². The van der Waals surface area contributed by atoms with Crippen molar-refractivity contribution in [3.05, 3.63) is 41.4 Å². The highest BCUT2D eigenvalue weighted by atomic mass is 16.3. The van der Waals surface area contributed by atoms with E-state index in [0.29, 0.717) is 12.5 Å². The minimum absolute atomic E-state index is 0.186. The molecule has 4 N–H and O–H groups in total. The Labute approximate surface area is 121 Å². The number of allylic oxidation sites excluding steroid dienone is 1. The van der Waals surface area contributed by atoms with Crippen molar-refractivity contribution in [1.82, 2.24) is 10.3 Å². The number of nitrogens with two attached hydrogens (primary N) is 1. The molecule has 20 heavy (non-hydrogen) atoms. The largest absolute Gasteiger partial charge is 0.511 e. The number of nitrogens with zero attached hydrogens (tertiary/aromatic N) is 1. The Hall–Kier alpha value is -1.39. The number of aliphatic hydroxyl groups is 1. The zero-order chi connectivity index (χ0) is 14.2. The summed E-state index contributed by atoms with van der Waals surface area (Å²) >= 11 is 0. The van der Waals surface area contributed by atoms with Gasteiger partial charge in [0, 0.05) is 24.4 Å². The maximum absolute atomic E-state index is 9.38. The van der Waals surface area contributed by atoms with Crippen LogP contribution in [-0.2, 0) is 12.8 Å². The Morgan fingerprint density at radius 1 is 1.45 bits per heavy atom. The lowest BCUT2D eigenvalue weighted by Crippen LogP contribution is -2.30. The molecule has 0 saturated carbocycles. The van der Waals surface area contributed by atoms with Gasteiger partial charge in [-0.2, -0.15) is 0 Å². The molecule has 4 nitrogen and oxygen atoms in total. The first kappa shape index (κ1) is 15.0. The summed E-state index contributed by atoms with van der Waals surface area (Å²) in [5.41, 5.74) is 7.65. The Bertz CT molecular complexity index is 437. The maximum atomic E-state index is 9.38. The van der Waals surface area contributed by atoms with Gasteiger partial charge in [0.2, 0.25) is 0 Å². The van der Waals surface area contributed by atoms with Crippen LogP contribution in [0, 0.1) is 0 Å². The molecule has 4 heteroatoms. The monoisotopic (exact) mass is 275 g/mol. The lowest BCUT2D eigenvalue weighted by molar-refractivity contribution is 0.401. The van der Waals surface area contributed by atoms with Gasteiger partial charge in [-0.15, -0.1) is 0 Å². The minimum atomic E-state index is 0.186. The zero-order valence-corrected chi connectivity index (χ0v) is 12.0. The van der Waals surface area contributed by atoms with E-state index in [1.165, 1.54) is 31.2 Å². The first-order chi connectivity index (χ1) is 9.78. The number of aliphatic hydroxyl groups excluding tert-OH is 1. The Morgan fingerprint density at radius 3 is 3.20 bits per heavy atom. The highest BCUT2D eigenvalue weighted by Gasteiger charge is 2.12. The van der Waals surface area contributed by atoms with E-state index in [4.69, 9.17) is 5.73 Å². The first-order valence-electron chi connectivity index (χ1n) is 7.53. The predicted octanol–water partition coefficient (Wildman–Crippen LogP) is 2.10. The van der Waals surface area contributed by atoms with Crippen molar-refractivity contribution >= 4 is 0 Å². The number of pyridine rings is 1. The minimum Gasteiger partial charge on any atom is -0.511 e. The van der Waals surface area contributed by atoms with Crippen LogP contribution < -0.4 is 11.1 Å². The van der Waals surface area contributed by atoms with Crippen molar-refractivity contribution in [3.8, 4) is 0 Å². The van der Waals surface area contributed by atoms with E-state index in [2.05, 4.69) is 22.4 Å². The predicted molar refractivity (Wildman–Crippen MR) is 81.7 cm³/mol. The SMILES string of the molecule is NCC(O)=CCc1cc(CC2CCCCCN2)ccn1. The zero-order valence-electron chi connectivity index (χ0n) is 12.0. The van der Waals surface area contributed by atoms with Gasteiger partial charge in [-0.3, -0.25) is 4.98 Å². The Kier molecular flexibility index (Phi) is 6.02. The van der Waals surface area contributed by atoms with Crippen molar-refractivity contribution in [2.75, 3.05) is 13.1 Å². The van der Waals surface area contributed by atoms with E-state index in [9.17, 15) is 5.11 Å². The van der Waals surface area contributed by atoms with E-state index in [-0.39, 0.29) is 12.3 Å². The fourth-order valence-electron chi connectivity index (χ4n) is 2.63. The van der Waals surface area contributed by atoms with Crippen molar-refractivity contribution in [1.29, 1.82) is 0 Å². The second-order valence-electron chi connectivity index (χ2n) is 5.46. The van der Waals surface area contributed by atoms with E-state index in [1.54, 1.807) is 6.08 Å². The van der Waals surface area contributed by atoms with Crippen molar-refractivity contribution in [2.45, 2.75) is 44.6 Å². The molecule has 1 unspecified atom stereocenters. The van der Waals surface area contributed by atoms with E-state index < -0.39 is 0 Å². The van der Waals surface area contributed by atoms with Crippen LogP contribution in [0.1, 0.15) is 36.9 Å². The second kappa shape index (κ2) is 8.02. The first-order valence-corrected chi connectivity index (χ1v) is 7.53. The molecule has 1 saturated heterocycles. The molecule has 0 bridgehead atoms. The molecule has 0 spiro atoms. The summed E-state index contributed by atoms with van der Waals surface area (Å²) in [5.74, 6) is 0.225. The lowest BCUT2D eigenvalue weighted by Gasteiger charge is -2.15. The highest BCUT2D eigenvalue weighted by molar-refractivity contribution is 5.19. The van der Waals surface area contributed by atoms with Crippen LogP contribution in [0.4, 0.5) is 0 Å². The lowest BCUT2D eigenvalue weighted by atomic mass is 10.0. The molecule has 1 aromatic rings. The fraction of sp³-hybridized carbons (Fsp3) is 0.562. The van der Waals surface area contributed by atoms with Crippen LogP contribution >= 0.6 is 0 Å². The maximum Gasteiger partial charge on any atom is 0.102 e. The number of hydrogen-bond acceptors (Lipinski definition) is 4. The van der Waals surface area contributed by atoms with Gasteiger partial charge in [-0.05, 0) is 49.6 Å². The molecule has 0 aromatic carbocycles. The van der Waals surface area contributed by atoms with Gasteiger partial charge < -0.3 is 16.2 Å².